The molecule has 0 aromatic heterocycles. The van der Waals surface area contributed by atoms with E-state index >= 15 is 0 Å². The van der Waals surface area contributed by atoms with Gasteiger partial charge in [0.2, 0.25) is 0 Å². The van der Waals surface area contributed by atoms with Crippen LogP contribution in [0, 0.1) is 17.8 Å². The van der Waals surface area contributed by atoms with Gasteiger partial charge in [-0.3, -0.25) is 0 Å². The van der Waals surface area contributed by atoms with Crippen LogP contribution in [0.2, 0.25) is 0 Å². The molecule has 2 rings (SSSR count). The molecule has 27 heavy (non-hydrogen) atoms. The summed E-state index contributed by atoms with van der Waals surface area (Å²) in [5.74, 6) is 0.00245. The maximum absolute atomic E-state index is 10.6. The van der Waals surface area contributed by atoms with Gasteiger partial charge < -0.3 is 20.1 Å². The Balaban J connectivity index is 1.79. The lowest BCUT2D eigenvalue weighted by Crippen LogP contribution is -2.25. The molecule has 5 nitrogen and oxygen atoms in total. The van der Waals surface area contributed by atoms with Crippen molar-refractivity contribution in [3.63, 3.8) is 0 Å². The van der Waals surface area contributed by atoms with Crippen LogP contribution in [0.1, 0.15) is 65.2 Å². The molecule has 1 heterocycles. The lowest BCUT2D eigenvalue weighted by Gasteiger charge is -2.23. The summed E-state index contributed by atoms with van der Waals surface area (Å²) in [6, 6.07) is 0. The van der Waals surface area contributed by atoms with E-state index in [1.807, 2.05) is 0 Å². The summed E-state index contributed by atoms with van der Waals surface area (Å²) < 4.78 is 6.17. The van der Waals surface area contributed by atoms with E-state index in [4.69, 9.17) is 9.84 Å². The van der Waals surface area contributed by atoms with Crippen molar-refractivity contribution >= 4 is 21.9 Å². The predicted molar refractivity (Wildman–Crippen MR) is 109 cm³/mol. The molecule has 2 fully saturated rings. The SMILES string of the molecule is CCCC(C)C(O)CCC[C@@H]1[C@H]2CC(C(Br)CC=CC(=O)O)O[C@H]2C[C@H]1O. The summed E-state index contributed by atoms with van der Waals surface area (Å²) >= 11 is 3.64. The molecule has 0 aromatic rings. The van der Waals surface area contributed by atoms with E-state index in [1.54, 1.807) is 6.08 Å². The molecule has 3 N–H and O–H groups in total. The van der Waals surface area contributed by atoms with E-state index in [2.05, 4.69) is 29.8 Å². The Morgan fingerprint density at radius 2 is 2.07 bits per heavy atom. The maximum atomic E-state index is 10.6. The lowest BCUT2D eigenvalue weighted by molar-refractivity contribution is -0.131. The van der Waals surface area contributed by atoms with E-state index in [-0.39, 0.29) is 35.2 Å². The van der Waals surface area contributed by atoms with E-state index in [0.717, 1.165) is 38.5 Å². The third kappa shape index (κ3) is 6.55. The van der Waals surface area contributed by atoms with Crippen LogP contribution in [-0.4, -0.2) is 50.5 Å². The molecular weight excluding hydrogens is 412 g/mol. The fraction of sp³-hybridized carbons (Fsp3) is 0.857. The normalized spacial score (nSPS) is 33.9. The van der Waals surface area contributed by atoms with Gasteiger partial charge >= 0.3 is 5.97 Å². The van der Waals surface area contributed by atoms with Crippen molar-refractivity contribution in [3.05, 3.63) is 12.2 Å². The number of aliphatic carboxylic acids is 1. The molecule has 1 aliphatic heterocycles. The quantitative estimate of drug-likeness (QED) is 0.330. The number of alkyl halides is 1. The first kappa shape index (κ1) is 22.9. The molecule has 0 spiro atoms. The fourth-order valence-corrected chi connectivity index (χ4v) is 5.32. The van der Waals surface area contributed by atoms with Crippen molar-refractivity contribution in [2.75, 3.05) is 0 Å². The smallest absolute Gasteiger partial charge is 0.327 e. The predicted octanol–water partition coefficient (Wildman–Crippen LogP) is 3.90. The second-order valence-corrected chi connectivity index (χ2v) is 9.51. The van der Waals surface area contributed by atoms with Crippen LogP contribution < -0.4 is 0 Å². The van der Waals surface area contributed by atoms with Crippen molar-refractivity contribution in [1.82, 2.24) is 0 Å². The molecule has 1 saturated carbocycles. The average molecular weight is 447 g/mol. The van der Waals surface area contributed by atoms with Crippen LogP contribution in [0.25, 0.3) is 0 Å². The van der Waals surface area contributed by atoms with Crippen LogP contribution in [0.5, 0.6) is 0 Å². The molecule has 0 bridgehead atoms. The summed E-state index contributed by atoms with van der Waals surface area (Å²) in [5.41, 5.74) is 0. The van der Waals surface area contributed by atoms with E-state index in [9.17, 15) is 15.0 Å². The number of fused-ring (bicyclic) bond motifs is 1. The minimum absolute atomic E-state index is 0.0589. The first-order valence-corrected chi connectivity index (χ1v) is 11.3. The number of carboxylic acid groups (broad SMARTS) is 1. The van der Waals surface area contributed by atoms with Gasteiger partial charge in [-0.05, 0) is 49.9 Å². The Morgan fingerprint density at radius 1 is 1.33 bits per heavy atom. The highest BCUT2D eigenvalue weighted by Gasteiger charge is 2.49. The highest BCUT2D eigenvalue weighted by atomic mass is 79.9. The number of aliphatic hydroxyl groups is 2. The van der Waals surface area contributed by atoms with Crippen molar-refractivity contribution in [2.45, 2.75) is 94.5 Å². The van der Waals surface area contributed by atoms with Crippen molar-refractivity contribution < 1.29 is 24.9 Å². The second-order valence-electron chi connectivity index (χ2n) is 8.34. The average Bonchev–Trinajstić information content (AvgIpc) is 3.13. The van der Waals surface area contributed by atoms with Crippen molar-refractivity contribution in [2.24, 2.45) is 17.8 Å². The van der Waals surface area contributed by atoms with E-state index in [0.29, 0.717) is 24.7 Å². The number of hydrogen-bond donors (Lipinski definition) is 3. The Labute approximate surface area is 171 Å². The van der Waals surface area contributed by atoms with Crippen LogP contribution in [-0.2, 0) is 9.53 Å². The molecule has 1 aliphatic carbocycles. The Bertz CT molecular complexity index is 497. The zero-order valence-electron chi connectivity index (χ0n) is 16.5. The Hall–Kier alpha value is -0.430. The summed E-state index contributed by atoms with van der Waals surface area (Å²) in [7, 11) is 0. The van der Waals surface area contributed by atoms with E-state index < -0.39 is 5.97 Å². The summed E-state index contributed by atoms with van der Waals surface area (Å²) in [4.78, 5) is 10.7. The third-order valence-electron chi connectivity index (χ3n) is 6.31. The summed E-state index contributed by atoms with van der Waals surface area (Å²) in [5, 5.41) is 29.4. The largest absolute Gasteiger partial charge is 0.478 e. The number of aliphatic hydroxyl groups excluding tert-OH is 2. The molecule has 4 unspecified atom stereocenters. The minimum atomic E-state index is -0.933. The molecule has 8 atom stereocenters. The number of rotatable bonds is 11. The Morgan fingerprint density at radius 3 is 2.74 bits per heavy atom. The number of allylic oxidation sites excluding steroid dienone is 1. The van der Waals surface area contributed by atoms with Gasteiger partial charge in [-0.1, -0.05) is 48.7 Å². The monoisotopic (exact) mass is 446 g/mol. The zero-order valence-corrected chi connectivity index (χ0v) is 18.1. The number of carboxylic acids is 1. The number of halogens is 1. The van der Waals surface area contributed by atoms with Crippen molar-refractivity contribution in [1.29, 1.82) is 0 Å². The van der Waals surface area contributed by atoms with Crippen LogP contribution >= 0.6 is 15.9 Å². The Kier molecular flexibility index (Phi) is 9.26. The highest BCUT2D eigenvalue weighted by Crippen LogP contribution is 2.47. The first-order valence-electron chi connectivity index (χ1n) is 10.4. The van der Waals surface area contributed by atoms with E-state index in [1.165, 1.54) is 6.08 Å². The van der Waals surface area contributed by atoms with Crippen LogP contribution in [0.15, 0.2) is 12.2 Å². The van der Waals surface area contributed by atoms with Gasteiger partial charge in [0.15, 0.2) is 0 Å². The molecule has 156 valence electrons. The van der Waals surface area contributed by atoms with Gasteiger partial charge in [-0.2, -0.15) is 0 Å². The third-order valence-corrected chi connectivity index (χ3v) is 7.28. The topological polar surface area (TPSA) is 87.0 Å². The fourth-order valence-electron chi connectivity index (χ4n) is 4.76. The summed E-state index contributed by atoms with van der Waals surface area (Å²) in [6.07, 6.45) is 9.43. The molecule has 1 saturated heterocycles. The van der Waals surface area contributed by atoms with Crippen LogP contribution in [0.3, 0.4) is 0 Å². The molecule has 0 amide bonds. The molecular formula is C21H35BrO5. The minimum Gasteiger partial charge on any atom is -0.478 e. The molecule has 0 radical (unpaired) electrons. The van der Waals surface area contributed by atoms with Gasteiger partial charge in [-0.15, -0.1) is 0 Å². The van der Waals surface area contributed by atoms with Gasteiger partial charge in [0, 0.05) is 17.3 Å². The molecule has 6 heteroatoms. The maximum Gasteiger partial charge on any atom is 0.327 e. The van der Waals surface area contributed by atoms with Gasteiger partial charge in [0.1, 0.15) is 0 Å². The van der Waals surface area contributed by atoms with Gasteiger partial charge in [-0.25, -0.2) is 4.79 Å². The lowest BCUT2D eigenvalue weighted by atomic mass is 9.85. The molecule has 2 aliphatic rings. The van der Waals surface area contributed by atoms with Crippen molar-refractivity contribution in [3.8, 4) is 0 Å². The first-order chi connectivity index (χ1) is 12.8. The number of hydrogen-bond acceptors (Lipinski definition) is 4. The van der Waals surface area contributed by atoms with Gasteiger partial charge in [0.05, 0.1) is 24.4 Å². The highest BCUT2D eigenvalue weighted by molar-refractivity contribution is 9.09. The summed E-state index contributed by atoms with van der Waals surface area (Å²) in [6.45, 7) is 4.25. The number of ether oxygens (including phenoxy) is 1. The molecule has 0 aromatic carbocycles. The second kappa shape index (κ2) is 10.9. The van der Waals surface area contributed by atoms with Gasteiger partial charge in [0.25, 0.3) is 0 Å². The zero-order chi connectivity index (χ0) is 20.0. The standard InChI is InChI=1S/C21H35BrO5/c1-3-6-13(2)17(23)9-4-7-14-15-11-20(27-19(15)12-18(14)24)16(22)8-5-10-21(25)26/h5,10,13-20,23-24H,3-4,6-9,11-12H2,1-2H3,(H,25,26)/t13?,14-,15-,16?,17?,18-,19+,20?/m1/s1. The number of carbonyl (C=O) groups is 1. The van der Waals surface area contributed by atoms with Crippen LogP contribution in [0.4, 0.5) is 0 Å².